The number of anilines is 1. The van der Waals surface area contributed by atoms with Gasteiger partial charge in [0.15, 0.2) is 11.8 Å². The molecule has 1 atom stereocenters. The van der Waals surface area contributed by atoms with E-state index in [9.17, 15) is 9.59 Å². The van der Waals surface area contributed by atoms with Crippen molar-refractivity contribution in [2.45, 2.75) is 52.7 Å². The molecule has 1 aromatic carbocycles. The average molecular weight is 507 g/mol. The lowest BCUT2D eigenvalue weighted by molar-refractivity contribution is -0.128. The molecule has 4 aromatic rings. The maximum atomic E-state index is 13.9. The minimum Gasteiger partial charge on any atom is -0.495 e. The molecule has 4 rings (SSSR count). The van der Waals surface area contributed by atoms with Crippen LogP contribution in [0.2, 0.25) is 0 Å². The van der Waals surface area contributed by atoms with Gasteiger partial charge in [0.1, 0.15) is 23.8 Å². The highest BCUT2D eigenvalue weighted by Crippen LogP contribution is 2.36. The molecule has 0 fully saturated rings. The molecule has 0 aliphatic heterocycles. The molecule has 1 unspecified atom stereocenters. The Kier molecular flexibility index (Phi) is 7.14. The van der Waals surface area contributed by atoms with E-state index >= 15 is 0 Å². The first-order valence-electron chi connectivity index (χ1n) is 11.7. The molecule has 0 aliphatic rings. The Labute approximate surface area is 214 Å². The van der Waals surface area contributed by atoms with Crippen molar-refractivity contribution in [3.8, 4) is 17.3 Å². The molecule has 1 N–H and O–H groups in total. The third-order valence-corrected chi connectivity index (χ3v) is 5.37. The molecule has 0 radical (unpaired) electrons. The summed E-state index contributed by atoms with van der Waals surface area (Å²) < 4.78 is 16.8. The molecule has 0 spiro atoms. The lowest BCUT2D eigenvalue weighted by Gasteiger charge is -2.33. The van der Waals surface area contributed by atoms with Gasteiger partial charge in [0, 0.05) is 5.54 Å². The standard InChI is InChI=1S/C26H30N6O5/c1-16-9-11-19(35-6)18(14-16)32(23(20-8-7-13-36-20)25(34)27-26(3,4)5)22(33)15-31-29-24(28-30-31)21-12-10-17(2)37-21/h7-14,23H,15H2,1-6H3,(H,27,34). The van der Waals surface area contributed by atoms with E-state index < -0.39 is 23.4 Å². The molecule has 0 bridgehead atoms. The third-order valence-electron chi connectivity index (χ3n) is 5.37. The van der Waals surface area contributed by atoms with Crippen molar-refractivity contribution in [2.24, 2.45) is 0 Å². The van der Waals surface area contributed by atoms with E-state index in [1.54, 1.807) is 36.4 Å². The van der Waals surface area contributed by atoms with Crippen molar-refractivity contribution in [2.75, 3.05) is 12.0 Å². The Morgan fingerprint density at radius 1 is 1.16 bits per heavy atom. The van der Waals surface area contributed by atoms with Crippen LogP contribution in [0, 0.1) is 13.8 Å². The van der Waals surface area contributed by atoms with E-state index in [0.717, 1.165) is 10.4 Å². The number of methoxy groups -OCH3 is 1. The van der Waals surface area contributed by atoms with Crippen LogP contribution in [-0.4, -0.2) is 44.7 Å². The molecule has 11 nitrogen and oxygen atoms in total. The summed E-state index contributed by atoms with van der Waals surface area (Å²) in [7, 11) is 1.50. The minimum absolute atomic E-state index is 0.244. The highest BCUT2D eigenvalue weighted by Gasteiger charge is 2.38. The number of amides is 2. The second kappa shape index (κ2) is 10.3. The van der Waals surface area contributed by atoms with Crippen LogP contribution in [0.1, 0.15) is 43.9 Å². The zero-order valence-corrected chi connectivity index (χ0v) is 21.7. The fourth-order valence-corrected chi connectivity index (χ4v) is 3.82. The van der Waals surface area contributed by atoms with E-state index in [1.807, 2.05) is 40.7 Å². The van der Waals surface area contributed by atoms with Gasteiger partial charge in [0.05, 0.1) is 19.1 Å². The summed E-state index contributed by atoms with van der Waals surface area (Å²) in [5.41, 5.74) is 0.717. The van der Waals surface area contributed by atoms with Gasteiger partial charge < -0.3 is 18.9 Å². The topological polar surface area (TPSA) is 129 Å². The van der Waals surface area contributed by atoms with Crippen molar-refractivity contribution in [1.82, 2.24) is 25.5 Å². The van der Waals surface area contributed by atoms with E-state index in [2.05, 4.69) is 20.7 Å². The number of benzene rings is 1. The van der Waals surface area contributed by atoms with Crippen LogP contribution in [0.3, 0.4) is 0 Å². The Balaban J connectivity index is 1.77. The molecule has 0 saturated carbocycles. The number of aromatic nitrogens is 4. The number of tetrazole rings is 1. The third kappa shape index (κ3) is 5.88. The van der Waals surface area contributed by atoms with Crippen LogP contribution in [0.5, 0.6) is 5.75 Å². The van der Waals surface area contributed by atoms with Gasteiger partial charge in [-0.15, -0.1) is 10.2 Å². The number of rotatable bonds is 8. The molecular formula is C26H30N6O5. The summed E-state index contributed by atoms with van der Waals surface area (Å²) in [5, 5.41) is 15.3. The van der Waals surface area contributed by atoms with Crippen molar-refractivity contribution < 1.29 is 23.2 Å². The monoisotopic (exact) mass is 506 g/mol. The van der Waals surface area contributed by atoms with Crippen molar-refractivity contribution in [1.29, 1.82) is 0 Å². The second-order valence-electron chi connectivity index (χ2n) is 9.65. The predicted molar refractivity (Wildman–Crippen MR) is 135 cm³/mol. The van der Waals surface area contributed by atoms with Crippen molar-refractivity contribution >= 4 is 17.5 Å². The van der Waals surface area contributed by atoms with Crippen LogP contribution in [0.15, 0.2) is 57.6 Å². The SMILES string of the molecule is COc1ccc(C)cc1N(C(=O)Cn1nnc(-c2ccc(C)o2)n1)C(C(=O)NC(C)(C)C)c1ccco1. The Morgan fingerprint density at radius 2 is 1.95 bits per heavy atom. The van der Waals surface area contributed by atoms with Crippen LogP contribution < -0.4 is 15.0 Å². The first-order valence-corrected chi connectivity index (χ1v) is 11.7. The van der Waals surface area contributed by atoms with Gasteiger partial charge in [-0.2, -0.15) is 4.80 Å². The van der Waals surface area contributed by atoms with E-state index in [4.69, 9.17) is 13.6 Å². The zero-order chi connectivity index (χ0) is 26.7. The number of ether oxygens (including phenoxy) is 1. The first-order chi connectivity index (χ1) is 17.6. The molecule has 194 valence electrons. The highest BCUT2D eigenvalue weighted by molar-refractivity contribution is 6.02. The quantitative estimate of drug-likeness (QED) is 0.382. The Hall–Kier alpha value is -4.41. The zero-order valence-electron chi connectivity index (χ0n) is 21.7. The smallest absolute Gasteiger partial charge is 0.251 e. The van der Waals surface area contributed by atoms with Gasteiger partial charge in [-0.3, -0.25) is 14.5 Å². The van der Waals surface area contributed by atoms with Crippen LogP contribution >= 0.6 is 0 Å². The van der Waals surface area contributed by atoms with Gasteiger partial charge in [-0.1, -0.05) is 6.07 Å². The van der Waals surface area contributed by atoms with Gasteiger partial charge in [0.25, 0.3) is 11.8 Å². The molecule has 11 heteroatoms. The summed E-state index contributed by atoms with van der Waals surface area (Å²) in [6.45, 7) is 8.98. The fourth-order valence-electron chi connectivity index (χ4n) is 3.82. The summed E-state index contributed by atoms with van der Waals surface area (Å²) >= 11 is 0. The normalized spacial score (nSPS) is 12.3. The number of nitrogens with one attached hydrogen (secondary N) is 1. The number of aryl methyl sites for hydroxylation is 2. The van der Waals surface area contributed by atoms with Gasteiger partial charge >= 0.3 is 0 Å². The van der Waals surface area contributed by atoms with Gasteiger partial charge in [0.2, 0.25) is 5.82 Å². The summed E-state index contributed by atoms with van der Waals surface area (Å²) in [4.78, 5) is 30.1. The number of carbonyl (C=O) groups is 2. The largest absolute Gasteiger partial charge is 0.495 e. The molecule has 37 heavy (non-hydrogen) atoms. The Morgan fingerprint density at radius 3 is 2.57 bits per heavy atom. The molecule has 2 amide bonds. The van der Waals surface area contributed by atoms with E-state index in [-0.39, 0.29) is 18.1 Å². The summed E-state index contributed by atoms with van der Waals surface area (Å²) in [6, 6.07) is 11.1. The highest BCUT2D eigenvalue weighted by atomic mass is 16.5. The van der Waals surface area contributed by atoms with Crippen LogP contribution in [-0.2, 0) is 16.1 Å². The fraction of sp³-hybridized carbons (Fsp3) is 0.346. The minimum atomic E-state index is -1.13. The molecule has 3 aromatic heterocycles. The number of furan rings is 2. The number of hydrogen-bond acceptors (Lipinski definition) is 8. The number of nitrogens with zero attached hydrogens (tertiary/aromatic N) is 5. The average Bonchev–Trinajstić information content (AvgIpc) is 3.58. The Bertz CT molecular complexity index is 1380. The molecule has 0 saturated heterocycles. The van der Waals surface area contributed by atoms with Crippen molar-refractivity contribution in [3.63, 3.8) is 0 Å². The summed E-state index contributed by atoms with van der Waals surface area (Å²) in [6.07, 6.45) is 1.46. The lowest BCUT2D eigenvalue weighted by atomic mass is 10.0. The van der Waals surface area contributed by atoms with Gasteiger partial charge in [-0.25, -0.2) is 0 Å². The predicted octanol–water partition coefficient (Wildman–Crippen LogP) is 3.84. The molecule has 3 heterocycles. The second-order valence-corrected chi connectivity index (χ2v) is 9.65. The maximum absolute atomic E-state index is 13.9. The molecular weight excluding hydrogens is 476 g/mol. The van der Waals surface area contributed by atoms with Crippen LogP contribution in [0.25, 0.3) is 11.6 Å². The molecule has 0 aliphatic carbocycles. The maximum Gasteiger partial charge on any atom is 0.251 e. The van der Waals surface area contributed by atoms with Crippen LogP contribution in [0.4, 0.5) is 5.69 Å². The van der Waals surface area contributed by atoms with Gasteiger partial charge in [-0.05, 0) is 81.8 Å². The van der Waals surface area contributed by atoms with E-state index in [0.29, 0.717) is 23.0 Å². The van der Waals surface area contributed by atoms with E-state index in [1.165, 1.54) is 18.3 Å². The summed E-state index contributed by atoms with van der Waals surface area (Å²) in [5.74, 6) is 1.19. The number of carbonyl (C=O) groups excluding carboxylic acids is 2. The van der Waals surface area contributed by atoms with Crippen molar-refractivity contribution in [3.05, 3.63) is 65.8 Å². The first kappa shape index (κ1) is 25.7. The lowest BCUT2D eigenvalue weighted by Crippen LogP contribution is -2.50. The number of hydrogen-bond donors (Lipinski definition) is 1.